The van der Waals surface area contributed by atoms with Gasteiger partial charge in [0.1, 0.15) is 5.52 Å². The Morgan fingerprint density at radius 3 is 2.80 bits per heavy atom. The topological polar surface area (TPSA) is 54.8 Å². The Bertz CT molecular complexity index is 596. The molecular weight excluding hydrogens is 250 g/mol. The lowest BCUT2D eigenvalue weighted by atomic mass is 10.1. The highest BCUT2D eigenvalue weighted by Crippen LogP contribution is 2.25. The summed E-state index contributed by atoms with van der Waals surface area (Å²) in [5, 5.41) is 6.98. The van der Waals surface area contributed by atoms with Crippen LogP contribution in [0.15, 0.2) is 12.4 Å². The Kier molecular flexibility index (Phi) is 3.61. The predicted octanol–water partition coefficient (Wildman–Crippen LogP) is 2.48. The normalized spacial score (nSPS) is 17.0. The fraction of sp³-hybridized carbons (Fsp3) is 0.600. The van der Waals surface area contributed by atoms with Crippen molar-refractivity contribution in [1.29, 1.82) is 0 Å². The van der Waals surface area contributed by atoms with Gasteiger partial charge in [-0.1, -0.05) is 0 Å². The van der Waals surface area contributed by atoms with Crippen LogP contribution >= 0.6 is 0 Å². The molecule has 1 aliphatic heterocycles. The first-order valence-corrected chi connectivity index (χ1v) is 7.46. The van der Waals surface area contributed by atoms with Crippen molar-refractivity contribution in [2.24, 2.45) is 0 Å². The van der Waals surface area contributed by atoms with E-state index in [1.54, 1.807) is 0 Å². The maximum Gasteiger partial charge on any atom is 0.154 e. The van der Waals surface area contributed by atoms with Gasteiger partial charge in [0.2, 0.25) is 0 Å². The van der Waals surface area contributed by atoms with Crippen molar-refractivity contribution in [2.45, 2.75) is 45.7 Å². The van der Waals surface area contributed by atoms with Gasteiger partial charge in [-0.3, -0.25) is 0 Å². The summed E-state index contributed by atoms with van der Waals surface area (Å²) < 4.78 is 2.21. The third-order valence-corrected chi connectivity index (χ3v) is 3.93. The number of aryl methyl sites for hydroxylation is 1. The van der Waals surface area contributed by atoms with Gasteiger partial charge in [0, 0.05) is 17.8 Å². The highest BCUT2D eigenvalue weighted by molar-refractivity contribution is 5.86. The first kappa shape index (κ1) is 13.4. The number of imidazole rings is 1. The number of pyridine rings is 1. The number of fused-ring (bicyclic) bond motifs is 1. The van der Waals surface area contributed by atoms with E-state index >= 15 is 0 Å². The van der Waals surface area contributed by atoms with E-state index in [-0.39, 0.29) is 0 Å². The van der Waals surface area contributed by atoms with E-state index in [2.05, 4.69) is 45.1 Å². The van der Waals surface area contributed by atoms with Crippen molar-refractivity contribution in [1.82, 2.24) is 19.9 Å². The number of nitrogens with zero attached hydrogens (tertiary/aromatic N) is 3. The third-order valence-electron chi connectivity index (χ3n) is 3.93. The molecule has 0 unspecified atom stereocenters. The zero-order chi connectivity index (χ0) is 14.1. The number of nitrogens with one attached hydrogen (secondary N) is 2. The molecule has 5 nitrogen and oxygen atoms in total. The summed E-state index contributed by atoms with van der Waals surface area (Å²) in [7, 11) is 0. The molecule has 1 fully saturated rings. The molecule has 0 atom stereocenters. The van der Waals surface area contributed by atoms with Crippen LogP contribution in [-0.2, 0) is 0 Å². The van der Waals surface area contributed by atoms with Crippen molar-refractivity contribution >= 4 is 16.9 Å². The van der Waals surface area contributed by atoms with Crippen LogP contribution in [0.5, 0.6) is 0 Å². The Morgan fingerprint density at radius 1 is 1.35 bits per heavy atom. The van der Waals surface area contributed by atoms with E-state index in [9.17, 15) is 0 Å². The van der Waals surface area contributed by atoms with Crippen LogP contribution in [0.25, 0.3) is 11.0 Å². The standard InChI is InChI=1S/C15H23N5/c1-10(2)20-9-17-14-13(20)8-11(3)18-15(14)19-12-4-6-16-7-5-12/h8-10,12,16H,4-7H2,1-3H3,(H,18,19). The van der Waals surface area contributed by atoms with Crippen molar-refractivity contribution < 1.29 is 0 Å². The zero-order valence-electron chi connectivity index (χ0n) is 12.5. The van der Waals surface area contributed by atoms with Crippen molar-refractivity contribution in [2.75, 3.05) is 18.4 Å². The fourth-order valence-corrected chi connectivity index (χ4v) is 2.83. The number of rotatable bonds is 3. The zero-order valence-corrected chi connectivity index (χ0v) is 12.5. The molecule has 3 rings (SSSR count). The van der Waals surface area contributed by atoms with Crippen LogP contribution in [0.3, 0.4) is 0 Å². The molecule has 2 N–H and O–H groups in total. The van der Waals surface area contributed by atoms with E-state index in [4.69, 9.17) is 0 Å². The molecule has 0 aromatic carbocycles. The molecule has 1 saturated heterocycles. The largest absolute Gasteiger partial charge is 0.365 e. The summed E-state index contributed by atoms with van der Waals surface area (Å²) in [4.78, 5) is 9.23. The second kappa shape index (κ2) is 5.40. The first-order valence-electron chi connectivity index (χ1n) is 7.46. The van der Waals surface area contributed by atoms with Gasteiger partial charge in [-0.05, 0) is 52.8 Å². The second-order valence-electron chi connectivity index (χ2n) is 5.89. The van der Waals surface area contributed by atoms with Gasteiger partial charge in [-0.25, -0.2) is 9.97 Å². The predicted molar refractivity (Wildman–Crippen MR) is 82.2 cm³/mol. The molecule has 0 bridgehead atoms. The van der Waals surface area contributed by atoms with Crippen molar-refractivity contribution in [3.8, 4) is 0 Å². The van der Waals surface area contributed by atoms with Crippen LogP contribution in [-0.4, -0.2) is 33.7 Å². The summed E-state index contributed by atoms with van der Waals surface area (Å²) in [6.07, 6.45) is 4.20. The SMILES string of the molecule is Cc1cc2c(ncn2C(C)C)c(NC2CCNCC2)n1. The van der Waals surface area contributed by atoms with Crippen LogP contribution in [0.4, 0.5) is 5.82 Å². The van der Waals surface area contributed by atoms with Crippen LogP contribution < -0.4 is 10.6 Å². The van der Waals surface area contributed by atoms with E-state index in [0.29, 0.717) is 12.1 Å². The molecule has 5 heteroatoms. The summed E-state index contributed by atoms with van der Waals surface area (Å²) in [5.41, 5.74) is 3.20. The molecule has 108 valence electrons. The molecule has 0 aliphatic carbocycles. The van der Waals surface area contributed by atoms with E-state index < -0.39 is 0 Å². The van der Waals surface area contributed by atoms with Gasteiger partial charge < -0.3 is 15.2 Å². The van der Waals surface area contributed by atoms with Crippen LogP contribution in [0.1, 0.15) is 38.4 Å². The number of hydrogen-bond donors (Lipinski definition) is 2. The number of anilines is 1. The maximum absolute atomic E-state index is 4.66. The molecule has 0 radical (unpaired) electrons. The maximum atomic E-state index is 4.66. The minimum atomic E-state index is 0.411. The molecule has 2 aromatic rings. The highest BCUT2D eigenvalue weighted by Gasteiger charge is 2.17. The van der Waals surface area contributed by atoms with Gasteiger partial charge in [0.05, 0.1) is 11.8 Å². The Labute approximate surface area is 119 Å². The number of piperidine rings is 1. The lowest BCUT2D eigenvalue weighted by Crippen LogP contribution is -2.35. The molecule has 0 saturated carbocycles. The third kappa shape index (κ3) is 2.50. The van der Waals surface area contributed by atoms with Crippen LogP contribution in [0, 0.1) is 6.92 Å². The average Bonchev–Trinajstić information content (AvgIpc) is 2.83. The summed E-state index contributed by atoms with van der Waals surface area (Å²) >= 11 is 0. The monoisotopic (exact) mass is 273 g/mol. The molecular formula is C15H23N5. The fourth-order valence-electron chi connectivity index (χ4n) is 2.83. The second-order valence-corrected chi connectivity index (χ2v) is 5.89. The van der Waals surface area contributed by atoms with Crippen LogP contribution in [0.2, 0.25) is 0 Å². The average molecular weight is 273 g/mol. The molecule has 0 amide bonds. The Balaban J connectivity index is 1.97. The highest BCUT2D eigenvalue weighted by atomic mass is 15.1. The van der Waals surface area contributed by atoms with E-state index in [1.807, 2.05) is 13.3 Å². The van der Waals surface area contributed by atoms with Gasteiger partial charge in [-0.2, -0.15) is 0 Å². The summed E-state index contributed by atoms with van der Waals surface area (Å²) in [5.74, 6) is 0.936. The molecule has 1 aliphatic rings. The summed E-state index contributed by atoms with van der Waals surface area (Å²) in [6.45, 7) is 8.55. The lowest BCUT2D eigenvalue weighted by Gasteiger charge is -2.24. The minimum absolute atomic E-state index is 0.411. The Hall–Kier alpha value is -1.62. The van der Waals surface area contributed by atoms with E-state index in [1.165, 1.54) is 5.52 Å². The minimum Gasteiger partial charge on any atom is -0.365 e. The lowest BCUT2D eigenvalue weighted by molar-refractivity contribution is 0.478. The molecule has 0 spiro atoms. The van der Waals surface area contributed by atoms with Crippen molar-refractivity contribution in [3.05, 3.63) is 18.1 Å². The number of hydrogen-bond acceptors (Lipinski definition) is 4. The van der Waals surface area contributed by atoms with Gasteiger partial charge in [0.25, 0.3) is 0 Å². The molecule has 20 heavy (non-hydrogen) atoms. The Morgan fingerprint density at radius 2 is 2.10 bits per heavy atom. The van der Waals surface area contributed by atoms with Gasteiger partial charge in [0.15, 0.2) is 5.82 Å². The molecule has 2 aromatic heterocycles. The first-order chi connectivity index (χ1) is 9.65. The summed E-state index contributed by atoms with van der Waals surface area (Å²) in [6, 6.07) is 3.03. The number of aromatic nitrogens is 3. The van der Waals surface area contributed by atoms with Gasteiger partial charge >= 0.3 is 0 Å². The van der Waals surface area contributed by atoms with E-state index in [0.717, 1.165) is 43.0 Å². The van der Waals surface area contributed by atoms with Crippen molar-refractivity contribution in [3.63, 3.8) is 0 Å². The molecule has 3 heterocycles. The van der Waals surface area contributed by atoms with Gasteiger partial charge in [-0.15, -0.1) is 0 Å². The smallest absolute Gasteiger partial charge is 0.154 e. The quantitative estimate of drug-likeness (QED) is 0.902.